The zero-order chi connectivity index (χ0) is 18.8. The molecular weight excluding hydrogens is 349 g/mol. The molecule has 0 amide bonds. The van der Waals surface area contributed by atoms with E-state index in [1.54, 1.807) is 30.5 Å². The average Bonchev–Trinajstić information content (AvgIpc) is 2.71. The molecule has 0 bridgehead atoms. The van der Waals surface area contributed by atoms with Gasteiger partial charge in [0.05, 0.1) is 5.39 Å². The minimum atomic E-state index is -0.542. The number of allylic oxidation sites excluding steroid dienone is 1. The molecule has 0 aliphatic carbocycles. The Bertz CT molecular complexity index is 1110. The molecular formula is C21H16FNO4. The van der Waals surface area contributed by atoms with E-state index >= 15 is 0 Å². The molecule has 2 heterocycles. The Morgan fingerprint density at radius 1 is 1.15 bits per heavy atom. The molecule has 0 radical (unpaired) electrons. The van der Waals surface area contributed by atoms with Gasteiger partial charge >= 0.3 is 0 Å². The van der Waals surface area contributed by atoms with Crippen molar-refractivity contribution in [3.8, 4) is 11.5 Å². The highest BCUT2D eigenvalue weighted by molar-refractivity contribution is 5.84. The first-order valence-electron chi connectivity index (χ1n) is 8.52. The lowest BCUT2D eigenvalue weighted by Crippen LogP contribution is -2.05. The molecule has 0 fully saturated rings. The van der Waals surface area contributed by atoms with Crippen molar-refractivity contribution in [3.63, 3.8) is 0 Å². The summed E-state index contributed by atoms with van der Waals surface area (Å²) in [4.78, 5) is 16.8. The first kappa shape index (κ1) is 17.0. The summed E-state index contributed by atoms with van der Waals surface area (Å²) in [6.07, 6.45) is 5.14. The monoisotopic (exact) mass is 365 g/mol. The molecule has 3 aromatic rings. The van der Waals surface area contributed by atoms with E-state index in [-0.39, 0.29) is 23.6 Å². The molecule has 136 valence electrons. The van der Waals surface area contributed by atoms with Gasteiger partial charge < -0.3 is 14.3 Å². The van der Waals surface area contributed by atoms with Gasteiger partial charge in [0.15, 0.2) is 5.76 Å². The Morgan fingerprint density at radius 2 is 1.96 bits per heavy atom. The van der Waals surface area contributed by atoms with Gasteiger partial charge in [-0.3, -0.25) is 9.79 Å². The lowest BCUT2D eigenvalue weighted by atomic mass is 10.1. The fourth-order valence-electron chi connectivity index (χ4n) is 2.84. The minimum absolute atomic E-state index is 0.0726. The Kier molecular flexibility index (Phi) is 4.46. The second-order valence-corrected chi connectivity index (χ2v) is 6.16. The van der Waals surface area contributed by atoms with Gasteiger partial charge in [-0.2, -0.15) is 0 Å². The van der Waals surface area contributed by atoms with Crippen molar-refractivity contribution in [1.29, 1.82) is 0 Å². The van der Waals surface area contributed by atoms with Crippen molar-refractivity contribution in [2.45, 2.75) is 19.4 Å². The van der Waals surface area contributed by atoms with E-state index in [2.05, 4.69) is 4.99 Å². The van der Waals surface area contributed by atoms with Crippen LogP contribution < -0.4 is 10.2 Å². The Labute approximate surface area is 154 Å². The van der Waals surface area contributed by atoms with Crippen molar-refractivity contribution in [3.05, 3.63) is 75.9 Å². The van der Waals surface area contributed by atoms with E-state index in [1.165, 1.54) is 18.2 Å². The first-order chi connectivity index (χ1) is 13.1. The van der Waals surface area contributed by atoms with Gasteiger partial charge in [-0.1, -0.05) is 18.2 Å². The minimum Gasteiger partial charge on any atom is -0.501 e. The van der Waals surface area contributed by atoms with Crippen LogP contribution in [0.3, 0.4) is 0 Å². The van der Waals surface area contributed by atoms with Gasteiger partial charge in [-0.05, 0) is 48.7 Å². The van der Waals surface area contributed by atoms with Crippen LogP contribution in [0.25, 0.3) is 16.7 Å². The molecule has 0 spiro atoms. The maximum Gasteiger partial charge on any atom is 0.235 e. The summed E-state index contributed by atoms with van der Waals surface area (Å²) in [5.41, 5.74) is 1.04. The van der Waals surface area contributed by atoms with Crippen LogP contribution in [-0.2, 0) is 6.61 Å². The van der Waals surface area contributed by atoms with Gasteiger partial charge in [0.1, 0.15) is 29.5 Å². The number of halogens is 1. The molecule has 6 heteroatoms. The maximum atomic E-state index is 13.0. The SMILES string of the molecule is O=c1c(O)c(C2=CCCC=N2)oc2ccc(OCc3ccc(F)cc3)cc12. The summed E-state index contributed by atoms with van der Waals surface area (Å²) in [6.45, 7) is 0.225. The van der Waals surface area contributed by atoms with Gasteiger partial charge in [-0.15, -0.1) is 0 Å². The van der Waals surface area contributed by atoms with E-state index in [0.717, 1.165) is 18.4 Å². The summed E-state index contributed by atoms with van der Waals surface area (Å²) >= 11 is 0. The third kappa shape index (κ3) is 3.46. The fourth-order valence-corrected chi connectivity index (χ4v) is 2.84. The number of nitrogens with zero attached hydrogens (tertiary/aromatic N) is 1. The number of rotatable bonds is 4. The highest BCUT2D eigenvalue weighted by Gasteiger charge is 2.18. The van der Waals surface area contributed by atoms with Gasteiger partial charge in [0.2, 0.25) is 11.2 Å². The Morgan fingerprint density at radius 3 is 2.70 bits per heavy atom. The standard InChI is InChI=1S/C21H16FNO4/c22-14-6-4-13(5-7-14)12-26-15-8-9-18-16(11-15)19(24)20(25)21(27-18)17-3-1-2-10-23-17/h3-11,25H,1-2,12H2. The van der Waals surface area contributed by atoms with Crippen molar-refractivity contribution < 1.29 is 18.7 Å². The first-order valence-corrected chi connectivity index (χ1v) is 8.52. The third-order valence-electron chi connectivity index (χ3n) is 4.25. The normalized spacial score (nSPS) is 13.6. The Balaban J connectivity index is 1.65. The number of aromatic hydroxyl groups is 1. The average molecular weight is 365 g/mol. The van der Waals surface area contributed by atoms with Gasteiger partial charge in [0.25, 0.3) is 0 Å². The van der Waals surface area contributed by atoms with Crippen LogP contribution in [0.2, 0.25) is 0 Å². The number of fused-ring (bicyclic) bond motifs is 1. The Hall–Kier alpha value is -3.41. The summed E-state index contributed by atoms with van der Waals surface area (Å²) < 4.78 is 24.3. The zero-order valence-corrected chi connectivity index (χ0v) is 14.3. The summed E-state index contributed by atoms with van der Waals surface area (Å²) in [5.74, 6) is -0.265. The second kappa shape index (κ2) is 7.07. The van der Waals surface area contributed by atoms with Crippen LogP contribution in [-0.4, -0.2) is 11.3 Å². The van der Waals surface area contributed by atoms with E-state index in [4.69, 9.17) is 9.15 Å². The van der Waals surface area contributed by atoms with E-state index < -0.39 is 11.2 Å². The number of hydrogen-bond acceptors (Lipinski definition) is 5. The molecule has 5 nitrogen and oxygen atoms in total. The lowest BCUT2D eigenvalue weighted by molar-refractivity contribution is 0.306. The van der Waals surface area contributed by atoms with Crippen molar-refractivity contribution in [2.75, 3.05) is 0 Å². The number of aliphatic imine (C=N–C) groups is 1. The predicted octanol–water partition coefficient (Wildman–Crippen LogP) is 4.42. The van der Waals surface area contributed by atoms with Crippen LogP contribution in [0, 0.1) is 5.82 Å². The largest absolute Gasteiger partial charge is 0.501 e. The molecule has 0 saturated carbocycles. The van der Waals surface area contributed by atoms with Crippen LogP contribution in [0.1, 0.15) is 24.2 Å². The molecule has 4 rings (SSSR count). The molecule has 0 atom stereocenters. The summed E-state index contributed by atoms with van der Waals surface area (Å²) in [5, 5.41) is 10.5. The molecule has 2 aromatic carbocycles. The quantitative estimate of drug-likeness (QED) is 0.743. The molecule has 27 heavy (non-hydrogen) atoms. The lowest BCUT2D eigenvalue weighted by Gasteiger charge is -2.10. The highest BCUT2D eigenvalue weighted by Crippen LogP contribution is 2.30. The number of ether oxygens (including phenoxy) is 1. The molecule has 1 aromatic heterocycles. The van der Waals surface area contributed by atoms with E-state index in [0.29, 0.717) is 17.0 Å². The van der Waals surface area contributed by atoms with Crippen molar-refractivity contribution in [1.82, 2.24) is 0 Å². The molecule has 1 aliphatic rings. The number of benzene rings is 2. The van der Waals surface area contributed by atoms with Crippen LogP contribution >= 0.6 is 0 Å². The maximum absolute atomic E-state index is 13.0. The van der Waals surface area contributed by atoms with Crippen molar-refractivity contribution >= 4 is 22.9 Å². The summed E-state index contributed by atoms with van der Waals surface area (Å²) in [6, 6.07) is 10.8. The predicted molar refractivity (Wildman–Crippen MR) is 101 cm³/mol. The second-order valence-electron chi connectivity index (χ2n) is 6.16. The molecule has 1 N–H and O–H groups in total. The summed E-state index contributed by atoms with van der Waals surface area (Å²) in [7, 11) is 0. The van der Waals surface area contributed by atoms with Crippen LogP contribution in [0.5, 0.6) is 11.5 Å². The topological polar surface area (TPSA) is 72.0 Å². The highest BCUT2D eigenvalue weighted by atomic mass is 19.1. The smallest absolute Gasteiger partial charge is 0.235 e. The number of hydrogen-bond donors (Lipinski definition) is 1. The fraction of sp³-hybridized carbons (Fsp3) is 0.143. The molecule has 0 saturated heterocycles. The van der Waals surface area contributed by atoms with Crippen LogP contribution in [0.4, 0.5) is 4.39 Å². The van der Waals surface area contributed by atoms with Gasteiger partial charge in [0, 0.05) is 6.21 Å². The third-order valence-corrected chi connectivity index (χ3v) is 4.25. The van der Waals surface area contributed by atoms with E-state index in [1.807, 2.05) is 6.08 Å². The van der Waals surface area contributed by atoms with Crippen LogP contribution in [0.15, 0.2) is 62.7 Å². The zero-order valence-electron chi connectivity index (χ0n) is 14.3. The molecule has 1 aliphatic heterocycles. The van der Waals surface area contributed by atoms with Gasteiger partial charge in [-0.25, -0.2) is 4.39 Å². The van der Waals surface area contributed by atoms with Crippen molar-refractivity contribution in [2.24, 2.45) is 4.99 Å². The van der Waals surface area contributed by atoms with E-state index in [9.17, 15) is 14.3 Å². The molecule has 0 unspecified atom stereocenters.